The number of piperidine rings is 1. The van der Waals surface area contributed by atoms with Crippen LogP contribution in [0.5, 0.6) is 0 Å². The molecule has 224 valence electrons. The van der Waals surface area contributed by atoms with Crippen LogP contribution in [0.3, 0.4) is 0 Å². The Labute approximate surface area is 260 Å². The fraction of sp³-hybridized carbons (Fsp3) is 0.429. The summed E-state index contributed by atoms with van der Waals surface area (Å²) < 4.78 is 5.67. The van der Waals surface area contributed by atoms with E-state index in [2.05, 4.69) is 29.3 Å². The quantitative estimate of drug-likeness (QED) is 0.235. The van der Waals surface area contributed by atoms with Crippen LogP contribution in [0.4, 0.5) is 0 Å². The normalized spacial score (nSPS) is 16.0. The monoisotopic (exact) mass is 608 g/mol. The number of carbonyl (C=O) groups is 2. The molecule has 7 heteroatoms. The second-order valence-corrected chi connectivity index (χ2v) is 13.5. The molecule has 5 nitrogen and oxygen atoms in total. The van der Waals surface area contributed by atoms with Gasteiger partial charge < -0.3 is 15.0 Å². The van der Waals surface area contributed by atoms with Gasteiger partial charge in [0.2, 0.25) is 0 Å². The van der Waals surface area contributed by atoms with Crippen LogP contribution in [0.2, 0.25) is 10.0 Å². The van der Waals surface area contributed by atoms with Crippen LogP contribution in [-0.2, 0) is 14.9 Å². The van der Waals surface area contributed by atoms with Crippen LogP contribution < -0.4 is 5.32 Å². The standard InChI is InChI=1S/C35H42Cl2N2O3/c1-34(2,3)42-32(40)24-35(4,26-9-6-5-7-10-26)19-8-20-39-21-17-29(18-22-39)38-33(41)31-23-28(37)15-16-30(31)25-11-13-27(36)14-12-25/h5-7,9-16,23,29H,8,17-22,24H2,1-4H3,(H,38,41). The molecule has 0 aromatic heterocycles. The molecule has 1 saturated heterocycles. The smallest absolute Gasteiger partial charge is 0.307 e. The first-order valence-corrected chi connectivity index (χ1v) is 15.5. The molecule has 42 heavy (non-hydrogen) atoms. The maximum atomic E-state index is 13.4. The number of nitrogens with zero attached hydrogens (tertiary/aromatic N) is 1. The highest BCUT2D eigenvalue weighted by molar-refractivity contribution is 6.31. The Kier molecular flexibility index (Phi) is 10.7. The zero-order chi connectivity index (χ0) is 30.3. The van der Waals surface area contributed by atoms with Gasteiger partial charge in [-0.1, -0.05) is 78.7 Å². The van der Waals surface area contributed by atoms with E-state index in [1.54, 1.807) is 12.1 Å². The SMILES string of the molecule is CC(C)(C)OC(=O)CC(C)(CCCN1CCC(NC(=O)c2cc(Cl)ccc2-c2ccc(Cl)cc2)CC1)c1ccccc1. The Balaban J connectivity index is 1.31. The van der Waals surface area contributed by atoms with Crippen LogP contribution in [0.1, 0.15) is 75.7 Å². The number of hydrogen-bond acceptors (Lipinski definition) is 4. The van der Waals surface area contributed by atoms with Crippen molar-refractivity contribution in [1.29, 1.82) is 0 Å². The lowest BCUT2D eigenvalue weighted by Gasteiger charge is -2.34. The number of carbonyl (C=O) groups excluding carboxylic acids is 2. The van der Waals surface area contributed by atoms with Gasteiger partial charge in [-0.05, 0) is 94.0 Å². The van der Waals surface area contributed by atoms with Gasteiger partial charge in [-0.3, -0.25) is 9.59 Å². The molecule has 1 fully saturated rings. The third-order valence-corrected chi connectivity index (χ3v) is 8.42. The summed E-state index contributed by atoms with van der Waals surface area (Å²) in [6, 6.07) is 23.3. The van der Waals surface area contributed by atoms with E-state index in [0.29, 0.717) is 22.0 Å². The minimum absolute atomic E-state index is 0.104. The second-order valence-electron chi connectivity index (χ2n) is 12.6. The third kappa shape index (κ3) is 9.07. The first kappa shape index (κ1) is 32.1. The molecule has 1 atom stereocenters. The lowest BCUT2D eigenvalue weighted by Crippen LogP contribution is -2.45. The maximum absolute atomic E-state index is 13.4. The predicted molar refractivity (Wildman–Crippen MR) is 172 cm³/mol. The first-order valence-electron chi connectivity index (χ1n) is 14.8. The van der Waals surface area contributed by atoms with E-state index in [1.807, 2.05) is 69.3 Å². The number of likely N-dealkylation sites (tertiary alicyclic amines) is 1. The van der Waals surface area contributed by atoms with Crippen LogP contribution >= 0.6 is 23.2 Å². The van der Waals surface area contributed by atoms with Crippen molar-refractivity contribution < 1.29 is 14.3 Å². The molecule has 1 amide bonds. The van der Waals surface area contributed by atoms with Gasteiger partial charge >= 0.3 is 5.97 Å². The average molecular weight is 610 g/mol. The summed E-state index contributed by atoms with van der Waals surface area (Å²) in [5.74, 6) is -0.272. The summed E-state index contributed by atoms with van der Waals surface area (Å²) >= 11 is 12.3. The number of rotatable bonds is 10. The molecule has 3 aromatic carbocycles. The molecule has 0 bridgehead atoms. The lowest BCUT2D eigenvalue weighted by atomic mass is 9.75. The van der Waals surface area contributed by atoms with Gasteiger partial charge in [0.05, 0.1) is 6.42 Å². The van der Waals surface area contributed by atoms with Crippen molar-refractivity contribution in [3.05, 3.63) is 94.0 Å². The van der Waals surface area contributed by atoms with E-state index in [0.717, 1.165) is 62.0 Å². The molecular formula is C35H42Cl2N2O3. The number of esters is 1. The highest BCUT2D eigenvalue weighted by Crippen LogP contribution is 2.34. The van der Waals surface area contributed by atoms with Crippen molar-refractivity contribution in [3.63, 3.8) is 0 Å². The number of hydrogen-bond donors (Lipinski definition) is 1. The highest BCUT2D eigenvalue weighted by Gasteiger charge is 2.32. The van der Waals surface area contributed by atoms with E-state index in [1.165, 1.54) is 0 Å². The minimum atomic E-state index is -0.501. The molecule has 1 N–H and O–H groups in total. The molecule has 0 aliphatic carbocycles. The molecule has 1 heterocycles. The van der Waals surface area contributed by atoms with Gasteiger partial charge in [-0.2, -0.15) is 0 Å². The van der Waals surface area contributed by atoms with Crippen LogP contribution in [0.25, 0.3) is 11.1 Å². The average Bonchev–Trinajstić information content (AvgIpc) is 2.94. The van der Waals surface area contributed by atoms with Crippen LogP contribution in [0.15, 0.2) is 72.8 Å². The first-order chi connectivity index (χ1) is 19.9. The van der Waals surface area contributed by atoms with Crippen molar-refractivity contribution in [2.75, 3.05) is 19.6 Å². The zero-order valence-electron chi connectivity index (χ0n) is 25.1. The van der Waals surface area contributed by atoms with Crippen molar-refractivity contribution in [3.8, 4) is 11.1 Å². The fourth-order valence-electron chi connectivity index (χ4n) is 5.71. The summed E-state index contributed by atoms with van der Waals surface area (Å²) in [7, 11) is 0. The summed E-state index contributed by atoms with van der Waals surface area (Å²) in [6.45, 7) is 10.7. The molecule has 4 rings (SSSR count). The summed E-state index contributed by atoms with van der Waals surface area (Å²) in [6.07, 6.45) is 3.98. The second kappa shape index (κ2) is 14.1. The Morgan fingerprint density at radius 1 is 0.905 bits per heavy atom. The Bertz CT molecular complexity index is 1350. The molecule has 1 aliphatic heterocycles. The fourth-order valence-corrected chi connectivity index (χ4v) is 6.01. The molecule has 1 unspecified atom stereocenters. The van der Waals surface area contributed by atoms with E-state index in [-0.39, 0.29) is 23.3 Å². The molecular weight excluding hydrogens is 567 g/mol. The van der Waals surface area contributed by atoms with Gasteiger partial charge in [0.1, 0.15) is 5.60 Å². The maximum Gasteiger partial charge on any atom is 0.307 e. The molecule has 0 saturated carbocycles. The van der Waals surface area contributed by atoms with E-state index >= 15 is 0 Å². The van der Waals surface area contributed by atoms with Crippen molar-refractivity contribution in [2.24, 2.45) is 0 Å². The van der Waals surface area contributed by atoms with Gasteiger partial charge in [-0.15, -0.1) is 0 Å². The highest BCUT2D eigenvalue weighted by atomic mass is 35.5. The zero-order valence-corrected chi connectivity index (χ0v) is 26.6. The van der Waals surface area contributed by atoms with Gasteiger partial charge in [0.15, 0.2) is 0 Å². The Hall–Kier alpha value is -2.86. The van der Waals surface area contributed by atoms with E-state index in [9.17, 15) is 9.59 Å². The molecule has 0 spiro atoms. The van der Waals surface area contributed by atoms with Gasteiger partial charge in [0, 0.05) is 40.2 Å². The van der Waals surface area contributed by atoms with Crippen molar-refractivity contribution in [2.45, 2.75) is 76.9 Å². The Morgan fingerprint density at radius 3 is 2.19 bits per heavy atom. The molecule has 1 aliphatic rings. The Morgan fingerprint density at radius 2 is 1.55 bits per heavy atom. The van der Waals surface area contributed by atoms with Crippen molar-refractivity contribution in [1.82, 2.24) is 10.2 Å². The van der Waals surface area contributed by atoms with E-state index < -0.39 is 5.60 Å². The summed E-state index contributed by atoms with van der Waals surface area (Å²) in [5.41, 5.74) is 2.69. The number of amides is 1. The third-order valence-electron chi connectivity index (χ3n) is 7.93. The number of benzene rings is 3. The van der Waals surface area contributed by atoms with Gasteiger partial charge in [0.25, 0.3) is 5.91 Å². The number of halogens is 2. The summed E-state index contributed by atoms with van der Waals surface area (Å²) in [5, 5.41) is 4.43. The largest absolute Gasteiger partial charge is 0.460 e. The van der Waals surface area contributed by atoms with Crippen molar-refractivity contribution >= 4 is 35.1 Å². The number of nitrogens with one attached hydrogen (secondary N) is 1. The molecule has 3 aromatic rings. The minimum Gasteiger partial charge on any atom is -0.460 e. The number of ether oxygens (including phenoxy) is 1. The van der Waals surface area contributed by atoms with E-state index in [4.69, 9.17) is 27.9 Å². The lowest BCUT2D eigenvalue weighted by molar-refractivity contribution is -0.156. The predicted octanol–water partition coefficient (Wildman–Crippen LogP) is 8.32. The van der Waals surface area contributed by atoms with Crippen LogP contribution in [0, 0.1) is 0 Å². The van der Waals surface area contributed by atoms with Crippen LogP contribution in [-0.4, -0.2) is 48.1 Å². The topological polar surface area (TPSA) is 58.6 Å². The van der Waals surface area contributed by atoms with Gasteiger partial charge in [-0.25, -0.2) is 0 Å². The molecule has 0 radical (unpaired) electrons. The summed E-state index contributed by atoms with van der Waals surface area (Å²) in [4.78, 5) is 28.6.